The third-order valence-corrected chi connectivity index (χ3v) is 4.13. The number of nitrogens with one attached hydrogen (secondary N) is 1. The summed E-state index contributed by atoms with van der Waals surface area (Å²) in [4.78, 5) is 36.9. The van der Waals surface area contributed by atoms with Crippen LogP contribution in [0, 0.1) is 0 Å². The van der Waals surface area contributed by atoms with Crippen LogP contribution in [-0.4, -0.2) is 31.1 Å². The second-order valence-corrected chi connectivity index (χ2v) is 6.44. The van der Waals surface area contributed by atoms with Gasteiger partial charge in [-0.25, -0.2) is 9.69 Å². The van der Waals surface area contributed by atoms with Crippen LogP contribution >= 0.6 is 11.6 Å². The number of nitrogens with zero attached hydrogens (tertiary/aromatic N) is 1. The topological polar surface area (TPSA) is 111 Å². The number of hydrogen-bond donors (Lipinski definition) is 2. The summed E-state index contributed by atoms with van der Waals surface area (Å²) in [6.07, 6.45) is 1.52. The van der Waals surface area contributed by atoms with E-state index in [-0.39, 0.29) is 12.3 Å². The van der Waals surface area contributed by atoms with E-state index in [0.717, 1.165) is 4.90 Å². The van der Waals surface area contributed by atoms with E-state index in [1.165, 1.54) is 12.1 Å². The fraction of sp³-hybridized carbons (Fsp3) is 0.150. The summed E-state index contributed by atoms with van der Waals surface area (Å²) in [6.45, 7) is 1.88. The molecule has 0 saturated carbocycles. The Kier molecular flexibility index (Phi) is 6.04. The maximum absolute atomic E-state index is 12.7. The highest BCUT2D eigenvalue weighted by Crippen LogP contribution is 2.30. The van der Waals surface area contributed by atoms with E-state index >= 15 is 0 Å². The van der Waals surface area contributed by atoms with Crippen LogP contribution < -0.4 is 25.4 Å². The minimum absolute atomic E-state index is 0.100. The summed E-state index contributed by atoms with van der Waals surface area (Å²) >= 11 is 5.95. The summed E-state index contributed by atoms with van der Waals surface area (Å²) in [7, 11) is 0. The number of carbonyl (C=O) groups excluding carboxylic acids is 3. The van der Waals surface area contributed by atoms with Gasteiger partial charge in [-0.05, 0) is 48.9 Å². The van der Waals surface area contributed by atoms with E-state index in [9.17, 15) is 14.4 Å². The van der Waals surface area contributed by atoms with Gasteiger partial charge in [-0.1, -0.05) is 23.7 Å². The zero-order valence-electron chi connectivity index (χ0n) is 15.5. The van der Waals surface area contributed by atoms with E-state index in [1.54, 1.807) is 43.3 Å². The molecule has 0 spiro atoms. The molecular weight excluding hydrogens is 398 g/mol. The summed E-state index contributed by atoms with van der Waals surface area (Å²) in [5.74, 6) is -0.398. The predicted molar refractivity (Wildman–Crippen MR) is 108 cm³/mol. The van der Waals surface area contributed by atoms with Crippen LogP contribution in [-0.2, 0) is 9.59 Å². The Morgan fingerprint density at radius 2 is 1.97 bits per heavy atom. The molecule has 2 aromatic carbocycles. The molecule has 1 aliphatic rings. The van der Waals surface area contributed by atoms with Crippen LogP contribution in [0.25, 0.3) is 6.08 Å². The van der Waals surface area contributed by atoms with Crippen LogP contribution in [0.15, 0.2) is 48.2 Å². The maximum atomic E-state index is 12.7. The van der Waals surface area contributed by atoms with Crippen molar-refractivity contribution in [2.75, 3.05) is 18.1 Å². The molecule has 8 nitrogen and oxygen atoms in total. The lowest BCUT2D eigenvalue weighted by Crippen LogP contribution is -2.30. The number of primary amides is 1. The number of amides is 4. The molecule has 0 atom stereocenters. The number of anilines is 1. The van der Waals surface area contributed by atoms with Crippen molar-refractivity contribution in [3.05, 3.63) is 58.7 Å². The Morgan fingerprint density at radius 1 is 1.17 bits per heavy atom. The second-order valence-electron chi connectivity index (χ2n) is 6.00. The molecule has 2 aromatic rings. The SMILES string of the molecule is CCOc1cc(/C=C2\NC(=O)N(c3cccc(Cl)c3)C2=O)ccc1OCC(N)=O. The molecule has 1 aliphatic heterocycles. The lowest BCUT2D eigenvalue weighted by atomic mass is 10.1. The monoisotopic (exact) mass is 415 g/mol. The number of urea groups is 1. The van der Waals surface area contributed by atoms with Gasteiger partial charge in [-0.2, -0.15) is 0 Å². The molecule has 0 bridgehead atoms. The predicted octanol–water partition coefficient (Wildman–Crippen LogP) is 2.70. The van der Waals surface area contributed by atoms with E-state index in [1.807, 2.05) is 0 Å². The molecule has 3 rings (SSSR count). The Balaban J connectivity index is 1.87. The summed E-state index contributed by atoms with van der Waals surface area (Å²) in [6, 6.07) is 10.8. The lowest BCUT2D eigenvalue weighted by Gasteiger charge is -2.12. The average molecular weight is 416 g/mol. The summed E-state index contributed by atoms with van der Waals surface area (Å²) in [5, 5.41) is 2.96. The molecule has 29 heavy (non-hydrogen) atoms. The van der Waals surface area contributed by atoms with Crippen molar-refractivity contribution in [2.24, 2.45) is 5.73 Å². The number of hydrogen-bond acceptors (Lipinski definition) is 5. The van der Waals surface area contributed by atoms with E-state index in [2.05, 4.69) is 5.32 Å². The number of halogens is 1. The fourth-order valence-electron chi connectivity index (χ4n) is 2.70. The van der Waals surface area contributed by atoms with Crippen molar-refractivity contribution in [2.45, 2.75) is 6.92 Å². The largest absolute Gasteiger partial charge is 0.490 e. The number of ether oxygens (including phenoxy) is 2. The second kappa shape index (κ2) is 8.66. The number of nitrogens with two attached hydrogens (primary N) is 1. The van der Waals surface area contributed by atoms with Gasteiger partial charge in [-0.15, -0.1) is 0 Å². The number of carbonyl (C=O) groups is 3. The van der Waals surface area contributed by atoms with Crippen molar-refractivity contribution in [3.63, 3.8) is 0 Å². The molecule has 4 amide bonds. The third kappa shape index (κ3) is 4.67. The van der Waals surface area contributed by atoms with Gasteiger partial charge in [0.25, 0.3) is 11.8 Å². The molecule has 0 aliphatic carbocycles. The van der Waals surface area contributed by atoms with Gasteiger partial charge in [0.1, 0.15) is 5.70 Å². The van der Waals surface area contributed by atoms with E-state index in [0.29, 0.717) is 34.4 Å². The highest BCUT2D eigenvalue weighted by molar-refractivity contribution is 6.32. The third-order valence-electron chi connectivity index (χ3n) is 3.89. The number of rotatable bonds is 7. The molecule has 1 heterocycles. The Hall–Kier alpha value is -3.52. The standard InChI is InChI=1S/C20H18ClN3O5/c1-2-28-17-9-12(6-7-16(17)29-11-18(22)25)8-15-19(26)24(20(27)23-15)14-5-3-4-13(21)10-14/h3-10H,2,11H2,1H3,(H2,22,25)(H,23,27)/b15-8-. The van der Waals surface area contributed by atoms with Gasteiger partial charge in [-0.3, -0.25) is 9.59 Å². The first-order valence-corrected chi connectivity index (χ1v) is 9.07. The summed E-state index contributed by atoms with van der Waals surface area (Å²) in [5.41, 5.74) is 6.16. The highest BCUT2D eigenvalue weighted by Gasteiger charge is 2.34. The van der Waals surface area contributed by atoms with Gasteiger partial charge in [0, 0.05) is 5.02 Å². The zero-order valence-corrected chi connectivity index (χ0v) is 16.2. The molecule has 1 fully saturated rings. The van der Waals surface area contributed by atoms with Gasteiger partial charge in [0.2, 0.25) is 0 Å². The Labute approximate surface area is 171 Å². The molecule has 9 heteroatoms. The highest BCUT2D eigenvalue weighted by atomic mass is 35.5. The minimum atomic E-state index is -0.612. The molecular formula is C20H18ClN3O5. The molecule has 1 saturated heterocycles. The van der Waals surface area contributed by atoms with E-state index in [4.69, 9.17) is 26.8 Å². The van der Waals surface area contributed by atoms with Crippen LogP contribution in [0.3, 0.4) is 0 Å². The first-order valence-electron chi connectivity index (χ1n) is 8.69. The normalized spacial score (nSPS) is 14.8. The van der Waals surface area contributed by atoms with Crippen LogP contribution in [0.2, 0.25) is 5.02 Å². The van der Waals surface area contributed by atoms with Crippen molar-refractivity contribution in [1.29, 1.82) is 0 Å². The summed E-state index contributed by atoms with van der Waals surface area (Å²) < 4.78 is 10.8. The van der Waals surface area contributed by atoms with Crippen molar-refractivity contribution in [1.82, 2.24) is 5.32 Å². The maximum Gasteiger partial charge on any atom is 0.333 e. The van der Waals surface area contributed by atoms with Gasteiger partial charge >= 0.3 is 6.03 Å². The van der Waals surface area contributed by atoms with Crippen molar-refractivity contribution >= 4 is 41.2 Å². The molecule has 0 radical (unpaired) electrons. The van der Waals surface area contributed by atoms with Crippen LogP contribution in [0.1, 0.15) is 12.5 Å². The van der Waals surface area contributed by atoms with Crippen LogP contribution in [0.4, 0.5) is 10.5 Å². The molecule has 3 N–H and O–H groups in total. The first-order chi connectivity index (χ1) is 13.9. The Bertz CT molecular complexity index is 1010. The average Bonchev–Trinajstić information content (AvgIpc) is 2.94. The van der Waals surface area contributed by atoms with E-state index < -0.39 is 17.8 Å². The first kappa shape index (κ1) is 20.2. The fourth-order valence-corrected chi connectivity index (χ4v) is 2.89. The smallest absolute Gasteiger partial charge is 0.333 e. The molecule has 0 aromatic heterocycles. The minimum Gasteiger partial charge on any atom is -0.490 e. The lowest BCUT2D eigenvalue weighted by molar-refractivity contribution is -0.120. The van der Waals surface area contributed by atoms with Crippen molar-refractivity contribution < 1.29 is 23.9 Å². The van der Waals surface area contributed by atoms with Gasteiger partial charge in [0.15, 0.2) is 18.1 Å². The zero-order chi connectivity index (χ0) is 21.0. The number of imide groups is 1. The number of benzene rings is 2. The van der Waals surface area contributed by atoms with Crippen molar-refractivity contribution in [3.8, 4) is 11.5 Å². The van der Waals surface area contributed by atoms with Crippen LogP contribution in [0.5, 0.6) is 11.5 Å². The molecule has 0 unspecified atom stereocenters. The quantitative estimate of drug-likeness (QED) is 0.533. The van der Waals surface area contributed by atoms with Gasteiger partial charge < -0.3 is 20.5 Å². The molecule has 150 valence electrons. The van der Waals surface area contributed by atoms with Gasteiger partial charge in [0.05, 0.1) is 12.3 Å². The Morgan fingerprint density at radius 3 is 2.66 bits per heavy atom.